The molecule has 0 saturated carbocycles. The van der Waals surface area contributed by atoms with Crippen LogP contribution in [0.3, 0.4) is 0 Å². The molecule has 0 aromatic heterocycles. The van der Waals surface area contributed by atoms with Crippen LogP contribution in [0, 0.1) is 5.82 Å². The van der Waals surface area contributed by atoms with Crippen molar-refractivity contribution in [3.05, 3.63) is 98.6 Å². The number of amidine groups is 1. The molecule has 4 rings (SSSR count). The molecule has 178 valence electrons. The average molecular weight is 555 g/mol. The Morgan fingerprint density at radius 3 is 2.60 bits per heavy atom. The Morgan fingerprint density at radius 1 is 1.17 bits per heavy atom. The van der Waals surface area contributed by atoms with Crippen molar-refractivity contribution in [3.63, 3.8) is 0 Å². The minimum absolute atomic E-state index is 0.152. The number of nitrogens with zero attached hydrogens (tertiary/aromatic N) is 2. The molecule has 0 bridgehead atoms. The summed E-state index contributed by atoms with van der Waals surface area (Å²) in [7, 11) is 0. The number of halogens is 2. The zero-order chi connectivity index (χ0) is 24.9. The first-order chi connectivity index (χ1) is 16.8. The summed E-state index contributed by atoms with van der Waals surface area (Å²) in [4.78, 5) is 30.6. The summed E-state index contributed by atoms with van der Waals surface area (Å²) in [6, 6.07) is 17.9. The van der Waals surface area contributed by atoms with Crippen LogP contribution in [0.5, 0.6) is 5.75 Å². The van der Waals surface area contributed by atoms with Gasteiger partial charge in [-0.25, -0.2) is 14.2 Å². The van der Waals surface area contributed by atoms with Crippen molar-refractivity contribution in [2.75, 3.05) is 6.54 Å². The van der Waals surface area contributed by atoms with Gasteiger partial charge in [0.05, 0.1) is 20.6 Å². The Balaban J connectivity index is 1.51. The van der Waals surface area contributed by atoms with Gasteiger partial charge in [-0.2, -0.15) is 0 Å². The number of carbonyl (C=O) groups excluding carboxylic acids is 1. The van der Waals surface area contributed by atoms with Gasteiger partial charge in [0.1, 0.15) is 18.2 Å². The van der Waals surface area contributed by atoms with Crippen molar-refractivity contribution >= 4 is 56.5 Å². The Hall–Kier alpha value is -3.43. The van der Waals surface area contributed by atoms with Crippen LogP contribution in [0.4, 0.5) is 10.1 Å². The number of likely N-dealkylation sites (N-methyl/N-ethyl adjacent to an activating group) is 1. The van der Waals surface area contributed by atoms with E-state index in [1.165, 1.54) is 36.0 Å². The number of hydrogen-bond donors (Lipinski definition) is 1. The molecule has 1 N–H and O–H groups in total. The van der Waals surface area contributed by atoms with Crippen molar-refractivity contribution in [2.24, 2.45) is 4.99 Å². The maximum Gasteiger partial charge on any atom is 0.335 e. The van der Waals surface area contributed by atoms with Gasteiger partial charge in [-0.05, 0) is 100 Å². The third-order valence-electron chi connectivity index (χ3n) is 5.08. The molecule has 1 aliphatic heterocycles. The summed E-state index contributed by atoms with van der Waals surface area (Å²) in [6.07, 6.45) is 1.78. The largest absolute Gasteiger partial charge is 0.488 e. The van der Waals surface area contributed by atoms with Crippen LogP contribution in [0.1, 0.15) is 28.4 Å². The fourth-order valence-electron chi connectivity index (χ4n) is 3.32. The van der Waals surface area contributed by atoms with E-state index >= 15 is 0 Å². The molecule has 1 fully saturated rings. The second-order valence-electron chi connectivity index (χ2n) is 7.51. The van der Waals surface area contributed by atoms with E-state index in [2.05, 4.69) is 20.9 Å². The first-order valence-corrected chi connectivity index (χ1v) is 12.2. The van der Waals surface area contributed by atoms with Gasteiger partial charge in [-0.1, -0.05) is 18.2 Å². The number of aromatic carboxylic acids is 1. The predicted molar refractivity (Wildman–Crippen MR) is 138 cm³/mol. The van der Waals surface area contributed by atoms with Gasteiger partial charge in [0, 0.05) is 6.54 Å². The molecule has 0 aliphatic carbocycles. The number of benzene rings is 3. The van der Waals surface area contributed by atoms with Crippen LogP contribution >= 0.6 is 27.7 Å². The molecule has 0 radical (unpaired) electrons. The molecule has 1 heterocycles. The second-order valence-corrected chi connectivity index (χ2v) is 9.38. The van der Waals surface area contributed by atoms with Crippen molar-refractivity contribution in [1.29, 1.82) is 0 Å². The zero-order valence-electron chi connectivity index (χ0n) is 18.6. The number of carboxylic acid groups (broad SMARTS) is 1. The summed E-state index contributed by atoms with van der Waals surface area (Å²) in [5.41, 5.74) is 2.26. The first-order valence-electron chi connectivity index (χ1n) is 10.6. The van der Waals surface area contributed by atoms with E-state index in [1.54, 1.807) is 41.3 Å². The standard InChI is InChI=1S/C26H20BrFN2O4S/c1-2-30-24(31)23(35-26(30)29-20-9-7-18(8-10-20)25(32)33)14-16-6-11-22(21(27)13-16)34-15-17-4-3-5-19(28)12-17/h3-14H,2,15H2,1H3,(H,32,33). The second kappa shape index (κ2) is 10.9. The maximum atomic E-state index is 13.4. The summed E-state index contributed by atoms with van der Waals surface area (Å²) >= 11 is 4.76. The molecule has 1 aliphatic rings. The fourth-order valence-corrected chi connectivity index (χ4v) is 4.90. The number of amides is 1. The Bertz CT molecular complexity index is 1340. The molecule has 1 saturated heterocycles. The highest BCUT2D eigenvalue weighted by Gasteiger charge is 2.32. The molecular weight excluding hydrogens is 535 g/mol. The third-order valence-corrected chi connectivity index (χ3v) is 6.71. The number of aliphatic imine (C=N–C) groups is 1. The van der Waals surface area contributed by atoms with E-state index in [0.29, 0.717) is 32.5 Å². The van der Waals surface area contributed by atoms with Gasteiger partial charge in [-0.3, -0.25) is 9.69 Å². The van der Waals surface area contributed by atoms with Crippen molar-refractivity contribution in [3.8, 4) is 5.75 Å². The average Bonchev–Trinajstić information content (AvgIpc) is 3.12. The monoisotopic (exact) mass is 554 g/mol. The lowest BCUT2D eigenvalue weighted by Crippen LogP contribution is -2.28. The van der Waals surface area contributed by atoms with Crippen molar-refractivity contribution in [1.82, 2.24) is 4.90 Å². The molecule has 9 heteroatoms. The number of rotatable bonds is 7. The van der Waals surface area contributed by atoms with Crippen LogP contribution in [-0.2, 0) is 11.4 Å². The number of ether oxygens (including phenoxy) is 1. The molecule has 0 spiro atoms. The molecule has 0 atom stereocenters. The summed E-state index contributed by atoms with van der Waals surface area (Å²) in [5.74, 6) is -0.872. The fraction of sp³-hybridized carbons (Fsp3) is 0.115. The number of carbonyl (C=O) groups is 2. The predicted octanol–water partition coefficient (Wildman–Crippen LogP) is 6.49. The van der Waals surface area contributed by atoms with Gasteiger partial charge < -0.3 is 9.84 Å². The number of hydrogen-bond acceptors (Lipinski definition) is 5. The topological polar surface area (TPSA) is 79.2 Å². The van der Waals surface area contributed by atoms with Crippen molar-refractivity contribution in [2.45, 2.75) is 13.5 Å². The highest BCUT2D eigenvalue weighted by Crippen LogP contribution is 2.35. The number of carboxylic acids is 1. The molecule has 35 heavy (non-hydrogen) atoms. The number of thioether (sulfide) groups is 1. The van der Waals surface area contributed by atoms with E-state index in [-0.39, 0.29) is 23.9 Å². The van der Waals surface area contributed by atoms with E-state index in [1.807, 2.05) is 19.1 Å². The molecule has 3 aromatic carbocycles. The van der Waals surface area contributed by atoms with E-state index < -0.39 is 5.97 Å². The highest BCUT2D eigenvalue weighted by molar-refractivity contribution is 9.10. The Labute approximate surface area is 214 Å². The lowest BCUT2D eigenvalue weighted by atomic mass is 10.2. The smallest absolute Gasteiger partial charge is 0.335 e. The van der Waals surface area contributed by atoms with E-state index in [4.69, 9.17) is 9.84 Å². The lowest BCUT2D eigenvalue weighted by molar-refractivity contribution is -0.122. The van der Waals surface area contributed by atoms with Crippen LogP contribution in [0.2, 0.25) is 0 Å². The first kappa shape index (κ1) is 24.7. The molecule has 6 nitrogen and oxygen atoms in total. The Kier molecular flexibility index (Phi) is 7.67. The molecule has 0 unspecified atom stereocenters. The molecular formula is C26H20BrFN2O4S. The summed E-state index contributed by atoms with van der Waals surface area (Å²) in [5, 5.41) is 9.58. The van der Waals surface area contributed by atoms with Gasteiger partial charge in [-0.15, -0.1) is 0 Å². The third kappa shape index (κ3) is 5.98. The van der Waals surface area contributed by atoms with Gasteiger partial charge in [0.2, 0.25) is 0 Å². The quantitative estimate of drug-likeness (QED) is 0.337. The normalized spacial score (nSPS) is 15.7. The lowest BCUT2D eigenvalue weighted by Gasteiger charge is -2.12. The minimum Gasteiger partial charge on any atom is -0.488 e. The summed E-state index contributed by atoms with van der Waals surface area (Å²) < 4.78 is 19.9. The van der Waals surface area contributed by atoms with Crippen LogP contribution < -0.4 is 4.74 Å². The van der Waals surface area contributed by atoms with Crippen LogP contribution in [-0.4, -0.2) is 33.6 Å². The van der Waals surface area contributed by atoms with Crippen LogP contribution in [0.15, 0.2) is 81.1 Å². The van der Waals surface area contributed by atoms with Crippen LogP contribution in [0.25, 0.3) is 6.08 Å². The molecule has 3 aromatic rings. The SMILES string of the molecule is CCN1C(=O)C(=Cc2ccc(OCc3cccc(F)c3)c(Br)c2)SC1=Nc1ccc(C(=O)O)cc1. The van der Waals surface area contributed by atoms with Gasteiger partial charge in [0.25, 0.3) is 5.91 Å². The minimum atomic E-state index is -1.01. The van der Waals surface area contributed by atoms with E-state index in [9.17, 15) is 14.0 Å². The van der Waals surface area contributed by atoms with E-state index in [0.717, 1.165) is 11.1 Å². The molecule has 1 amide bonds. The van der Waals surface area contributed by atoms with Crippen molar-refractivity contribution < 1.29 is 23.8 Å². The Morgan fingerprint density at radius 2 is 1.94 bits per heavy atom. The maximum absolute atomic E-state index is 13.4. The van der Waals surface area contributed by atoms with Gasteiger partial charge in [0.15, 0.2) is 5.17 Å². The zero-order valence-corrected chi connectivity index (χ0v) is 21.0. The highest BCUT2D eigenvalue weighted by atomic mass is 79.9. The van der Waals surface area contributed by atoms with Gasteiger partial charge >= 0.3 is 5.97 Å². The summed E-state index contributed by atoms with van der Waals surface area (Å²) in [6.45, 7) is 2.54.